The topological polar surface area (TPSA) is 109 Å². The standard InChI is InChI=1S/C23H26ClN5O4/c1-3-17(15-9-16(24)18(11-25)26-12-15)27-23(31)33-21-10-19(29-7-8-32-13-20(21)29)22(30)28-6-4-5-14(28)2/h9-10,12,14,17H,3-8,13H2,1-2H3,(H,27,31)/t14-,17+/m0/s1. The van der Waals surface area contributed by atoms with E-state index in [4.69, 9.17) is 26.3 Å². The number of pyridine rings is 1. The lowest BCUT2D eigenvalue weighted by Gasteiger charge is -2.24. The van der Waals surface area contributed by atoms with Crippen molar-refractivity contribution in [1.29, 1.82) is 5.26 Å². The Labute approximate surface area is 197 Å². The summed E-state index contributed by atoms with van der Waals surface area (Å²) in [7, 11) is 0. The molecule has 2 aliphatic heterocycles. The van der Waals surface area contributed by atoms with Crippen molar-refractivity contribution >= 4 is 23.6 Å². The van der Waals surface area contributed by atoms with Crippen molar-refractivity contribution < 1.29 is 19.1 Å². The van der Waals surface area contributed by atoms with Gasteiger partial charge in [-0.15, -0.1) is 0 Å². The molecule has 1 saturated heterocycles. The van der Waals surface area contributed by atoms with E-state index >= 15 is 0 Å². The number of halogens is 1. The molecule has 0 aromatic carbocycles. The maximum absolute atomic E-state index is 13.2. The molecule has 0 radical (unpaired) electrons. The molecule has 1 fully saturated rings. The number of aromatic nitrogens is 2. The summed E-state index contributed by atoms with van der Waals surface area (Å²) in [5.74, 6) is 0.261. The van der Waals surface area contributed by atoms with Crippen LogP contribution in [0.15, 0.2) is 18.3 Å². The number of nitrogens with one attached hydrogen (secondary N) is 1. The Kier molecular flexibility index (Phi) is 6.86. The molecule has 174 valence electrons. The molecule has 4 heterocycles. The molecule has 2 aromatic heterocycles. The number of ether oxygens (including phenoxy) is 2. The first-order valence-corrected chi connectivity index (χ1v) is 11.5. The second-order valence-electron chi connectivity index (χ2n) is 8.24. The Morgan fingerprint density at radius 1 is 1.42 bits per heavy atom. The van der Waals surface area contributed by atoms with E-state index in [0.29, 0.717) is 42.3 Å². The van der Waals surface area contributed by atoms with Crippen LogP contribution in [0.2, 0.25) is 5.02 Å². The number of rotatable bonds is 5. The lowest BCUT2D eigenvalue weighted by Crippen LogP contribution is -2.35. The summed E-state index contributed by atoms with van der Waals surface area (Å²) in [5.41, 5.74) is 1.98. The Bertz CT molecular complexity index is 1110. The van der Waals surface area contributed by atoms with Crippen LogP contribution in [0.4, 0.5) is 4.79 Å². The van der Waals surface area contributed by atoms with E-state index in [1.165, 1.54) is 6.20 Å². The Morgan fingerprint density at radius 3 is 2.91 bits per heavy atom. The van der Waals surface area contributed by atoms with Gasteiger partial charge in [0.15, 0.2) is 11.4 Å². The number of fused-ring (bicyclic) bond motifs is 1. The summed E-state index contributed by atoms with van der Waals surface area (Å²) in [6, 6.07) is 4.95. The molecule has 0 aliphatic carbocycles. The number of nitrogens with zero attached hydrogens (tertiary/aromatic N) is 4. The molecule has 0 bridgehead atoms. The van der Waals surface area contributed by atoms with Gasteiger partial charge in [0.2, 0.25) is 0 Å². The number of nitriles is 1. The predicted octanol–water partition coefficient (Wildman–Crippen LogP) is 3.80. The molecular formula is C23H26ClN5O4. The Balaban J connectivity index is 1.53. The van der Waals surface area contributed by atoms with E-state index in [1.54, 1.807) is 12.1 Å². The van der Waals surface area contributed by atoms with Gasteiger partial charge in [-0.3, -0.25) is 4.79 Å². The maximum Gasteiger partial charge on any atom is 0.413 e. The van der Waals surface area contributed by atoms with Gasteiger partial charge in [0, 0.05) is 31.4 Å². The number of carbonyl (C=O) groups is 2. The summed E-state index contributed by atoms with van der Waals surface area (Å²) >= 11 is 6.09. The van der Waals surface area contributed by atoms with Crippen molar-refractivity contribution in [2.45, 2.75) is 58.3 Å². The van der Waals surface area contributed by atoms with E-state index < -0.39 is 12.1 Å². The fourth-order valence-electron chi connectivity index (χ4n) is 4.36. The van der Waals surface area contributed by atoms with E-state index in [9.17, 15) is 9.59 Å². The van der Waals surface area contributed by atoms with Crippen LogP contribution in [0.25, 0.3) is 0 Å². The average Bonchev–Trinajstić information content (AvgIpc) is 3.41. The number of likely N-dealkylation sites (tertiary alicyclic amines) is 1. The molecule has 2 atom stereocenters. The molecule has 0 unspecified atom stereocenters. The minimum Gasteiger partial charge on any atom is -0.408 e. The van der Waals surface area contributed by atoms with Gasteiger partial charge in [-0.05, 0) is 37.8 Å². The normalized spacial score (nSPS) is 18.4. The number of hydrogen-bond acceptors (Lipinski definition) is 6. The van der Waals surface area contributed by atoms with Gasteiger partial charge in [-0.25, -0.2) is 9.78 Å². The highest BCUT2D eigenvalue weighted by atomic mass is 35.5. The minimum atomic E-state index is -0.658. The van der Waals surface area contributed by atoms with Crippen molar-refractivity contribution in [3.8, 4) is 11.8 Å². The first-order chi connectivity index (χ1) is 15.9. The summed E-state index contributed by atoms with van der Waals surface area (Å²) in [6.07, 6.45) is 3.39. The zero-order valence-electron chi connectivity index (χ0n) is 18.6. The van der Waals surface area contributed by atoms with Crippen LogP contribution in [0, 0.1) is 11.3 Å². The largest absolute Gasteiger partial charge is 0.413 e. The van der Waals surface area contributed by atoms with Gasteiger partial charge >= 0.3 is 6.09 Å². The summed E-state index contributed by atoms with van der Waals surface area (Å²) < 4.78 is 13.1. The zero-order valence-corrected chi connectivity index (χ0v) is 19.4. The fourth-order valence-corrected chi connectivity index (χ4v) is 4.58. The van der Waals surface area contributed by atoms with Crippen LogP contribution in [0.1, 0.15) is 66.6 Å². The van der Waals surface area contributed by atoms with Gasteiger partial charge in [0.25, 0.3) is 5.91 Å². The molecule has 1 N–H and O–H groups in total. The van der Waals surface area contributed by atoms with Gasteiger partial charge in [-0.2, -0.15) is 5.26 Å². The lowest BCUT2D eigenvalue weighted by molar-refractivity contribution is 0.0686. The van der Waals surface area contributed by atoms with Crippen molar-refractivity contribution in [3.63, 3.8) is 0 Å². The SMILES string of the molecule is CC[C@@H](NC(=O)Oc1cc(C(=O)N2CCC[C@@H]2C)n2c1COCC2)c1cnc(C#N)c(Cl)c1. The molecule has 0 saturated carbocycles. The highest BCUT2D eigenvalue weighted by Crippen LogP contribution is 2.30. The maximum atomic E-state index is 13.2. The van der Waals surface area contributed by atoms with Gasteiger partial charge < -0.3 is 24.3 Å². The Morgan fingerprint density at radius 2 is 2.24 bits per heavy atom. The number of carbonyl (C=O) groups excluding carboxylic acids is 2. The third-order valence-electron chi connectivity index (χ3n) is 6.17. The van der Waals surface area contributed by atoms with Crippen LogP contribution in [0.3, 0.4) is 0 Å². The molecule has 4 rings (SSSR count). The van der Waals surface area contributed by atoms with E-state index in [2.05, 4.69) is 10.3 Å². The molecule has 2 aromatic rings. The summed E-state index contributed by atoms with van der Waals surface area (Å²) in [6.45, 7) is 5.96. The number of amides is 2. The molecule has 33 heavy (non-hydrogen) atoms. The van der Waals surface area contributed by atoms with Crippen molar-refractivity contribution in [3.05, 3.63) is 46.0 Å². The lowest BCUT2D eigenvalue weighted by atomic mass is 10.1. The highest BCUT2D eigenvalue weighted by Gasteiger charge is 2.32. The van der Waals surface area contributed by atoms with Crippen LogP contribution >= 0.6 is 11.6 Å². The van der Waals surface area contributed by atoms with Gasteiger partial charge in [0.05, 0.1) is 30.0 Å². The third kappa shape index (κ3) is 4.68. The Hall–Kier alpha value is -3.09. The van der Waals surface area contributed by atoms with E-state index in [-0.39, 0.29) is 29.3 Å². The summed E-state index contributed by atoms with van der Waals surface area (Å²) in [5, 5.41) is 12.0. The first kappa shape index (κ1) is 23.1. The van der Waals surface area contributed by atoms with Crippen molar-refractivity contribution in [2.24, 2.45) is 0 Å². The number of hydrogen-bond donors (Lipinski definition) is 1. The molecule has 10 heteroatoms. The van der Waals surface area contributed by atoms with Crippen molar-refractivity contribution in [1.82, 2.24) is 19.8 Å². The predicted molar refractivity (Wildman–Crippen MR) is 120 cm³/mol. The van der Waals surface area contributed by atoms with Crippen LogP contribution in [-0.4, -0.2) is 45.6 Å². The van der Waals surface area contributed by atoms with Gasteiger partial charge in [-0.1, -0.05) is 18.5 Å². The minimum absolute atomic E-state index is 0.0526. The first-order valence-electron chi connectivity index (χ1n) is 11.1. The molecule has 2 aliphatic rings. The monoisotopic (exact) mass is 471 g/mol. The summed E-state index contributed by atoms with van der Waals surface area (Å²) in [4.78, 5) is 31.8. The molecule has 2 amide bonds. The second-order valence-corrected chi connectivity index (χ2v) is 8.65. The van der Waals surface area contributed by atoms with Crippen LogP contribution in [-0.2, 0) is 17.9 Å². The fraction of sp³-hybridized carbons (Fsp3) is 0.478. The van der Waals surface area contributed by atoms with E-state index in [1.807, 2.05) is 29.4 Å². The third-order valence-corrected chi connectivity index (χ3v) is 6.46. The van der Waals surface area contributed by atoms with Crippen LogP contribution in [0.5, 0.6) is 5.75 Å². The smallest absolute Gasteiger partial charge is 0.408 e. The zero-order chi connectivity index (χ0) is 23.5. The average molecular weight is 472 g/mol. The van der Waals surface area contributed by atoms with Gasteiger partial charge in [0.1, 0.15) is 11.8 Å². The van der Waals surface area contributed by atoms with Crippen molar-refractivity contribution in [2.75, 3.05) is 13.2 Å². The molecule has 0 spiro atoms. The van der Waals surface area contributed by atoms with E-state index in [0.717, 1.165) is 19.4 Å². The van der Waals surface area contributed by atoms with Crippen LogP contribution < -0.4 is 10.1 Å². The highest BCUT2D eigenvalue weighted by molar-refractivity contribution is 6.31. The molecular weight excluding hydrogens is 446 g/mol. The quantitative estimate of drug-likeness (QED) is 0.710. The second kappa shape index (κ2) is 9.81. The molecule has 9 nitrogen and oxygen atoms in total.